The first-order valence-corrected chi connectivity index (χ1v) is 40.3. The van der Waals surface area contributed by atoms with Gasteiger partial charge in [0.2, 0.25) is 59.5 Å². The van der Waals surface area contributed by atoms with Crippen molar-refractivity contribution in [1.29, 1.82) is 0 Å². The molecule has 2 aromatic carbocycles. The number of aliphatic hydroxyl groups excluding tert-OH is 4. The van der Waals surface area contributed by atoms with Crippen molar-refractivity contribution in [2.24, 2.45) is 29.6 Å². The molecule has 2 aromatic rings. The number of aliphatic carboxylic acids is 1. The molecular weight excluding hydrogens is 1560 g/mol. The van der Waals surface area contributed by atoms with Gasteiger partial charge in [-0.1, -0.05) is 105 Å². The van der Waals surface area contributed by atoms with E-state index in [1.807, 2.05) is 19.9 Å². The summed E-state index contributed by atoms with van der Waals surface area (Å²) in [6.45, 7) is 16.9. The summed E-state index contributed by atoms with van der Waals surface area (Å²) in [6.07, 6.45) is -11.0. The quantitative estimate of drug-likeness (QED) is 0.0221. The van der Waals surface area contributed by atoms with Crippen molar-refractivity contribution in [2.45, 2.75) is 212 Å². The second kappa shape index (κ2) is 46.1. The first kappa shape index (κ1) is 98.2. The number of ether oxygens (including phenoxy) is 7. The number of amides is 12. The molecule has 2 fully saturated rings. The molecule has 0 radical (unpaired) electrons. The lowest BCUT2D eigenvalue weighted by Crippen LogP contribution is -2.61. The third-order valence-electron chi connectivity index (χ3n) is 20.4. The largest absolute Gasteiger partial charge is 0.479 e. The number of aliphatic hydroxyl groups is 4. The number of hydrogen-bond acceptors (Lipinski definition) is 26. The fourth-order valence-corrected chi connectivity index (χ4v) is 14.3. The summed E-state index contributed by atoms with van der Waals surface area (Å²) < 4.78 is 72.4. The fraction of sp³-hybridized carbons (Fsp3) is 0.649. The van der Waals surface area contributed by atoms with Gasteiger partial charge in [-0.15, -0.1) is 0 Å². The van der Waals surface area contributed by atoms with Crippen LogP contribution in [0.3, 0.4) is 0 Å². The molecule has 0 aromatic heterocycles. The number of nitrogens with one attached hydrogen (secondary N) is 7. The molecule has 3 aliphatic heterocycles. The summed E-state index contributed by atoms with van der Waals surface area (Å²) >= 11 is 0. The minimum Gasteiger partial charge on any atom is -0.479 e. The van der Waals surface area contributed by atoms with Gasteiger partial charge in [-0.25, -0.2) is 9.59 Å². The third kappa shape index (κ3) is 28.4. The molecule has 12 amide bonds. The first-order valence-electron chi connectivity index (χ1n) is 38.7. The standard InChI is InChI=1S/C77H117N11O28S/c1-16-43(8)62(53(110-14)36-58(93)87-30-20-23-51(87)67(111-15)44(9)69(98)79-45(10)63(94)48-21-18-17-19-22-48)85(12)74(103)60(41(4)5)84-73(102)61(42(6)7)86(13)77(106)114-38-47-24-25-49(52(35-47)115-76-66(97)64(95)65(96)68(116-76)75(104)105)82-70(99)46(11)80-72(101)59(40(2)3)83-54(89)28-31-112-33-34-113-32-29-78-71(100)50(39-117(107,108)109)81-55(90)37-88-56(91)26-27-57(88)92/h17-19,21-22,24-27,35,40-46,50-51,53,59-68,76,94-97H,16,20,23,28-34,36-39H2,1-15H3,(H,78,100)(H,79,98)(H,80,101)(H,81,90)(H,82,99)(H,83,89)(H,84,102)(H,104,105)(H,107,108,109)/t43-,44+,45+,46-,50-,51-,53+,59-,60-,61-,62-,63+,64-,65-,66+,67+,68-,76+/m0/s1. The van der Waals surface area contributed by atoms with Crippen LogP contribution in [0, 0.1) is 29.6 Å². The van der Waals surface area contributed by atoms with E-state index in [0.29, 0.717) is 36.3 Å². The van der Waals surface area contributed by atoms with E-state index >= 15 is 0 Å². The zero-order chi connectivity index (χ0) is 87.6. The van der Waals surface area contributed by atoms with Gasteiger partial charge in [-0.2, -0.15) is 8.42 Å². The van der Waals surface area contributed by atoms with Gasteiger partial charge in [0, 0.05) is 60.0 Å². The number of methoxy groups -OCH3 is 2. The lowest BCUT2D eigenvalue weighted by molar-refractivity contribution is -0.271. The van der Waals surface area contributed by atoms with Gasteiger partial charge in [0.05, 0.1) is 80.9 Å². The topological polar surface area (TPSA) is 539 Å². The van der Waals surface area contributed by atoms with Crippen LogP contribution in [0.15, 0.2) is 60.7 Å². The van der Waals surface area contributed by atoms with Gasteiger partial charge in [0.15, 0.2) is 6.10 Å². The van der Waals surface area contributed by atoms with Crippen molar-refractivity contribution >= 4 is 92.8 Å². The maximum Gasteiger partial charge on any atom is 0.410 e. The highest BCUT2D eigenvalue weighted by Gasteiger charge is 2.49. The molecule has 39 nitrogen and oxygen atoms in total. The highest BCUT2D eigenvalue weighted by molar-refractivity contribution is 7.85. The van der Waals surface area contributed by atoms with E-state index in [9.17, 15) is 101 Å². The number of anilines is 1. The summed E-state index contributed by atoms with van der Waals surface area (Å²) in [4.78, 5) is 179. The van der Waals surface area contributed by atoms with E-state index < -0.39 is 221 Å². The van der Waals surface area contributed by atoms with Gasteiger partial charge in [0.1, 0.15) is 73.2 Å². The first-order chi connectivity index (χ1) is 55.0. The number of carbonyl (C=O) groups excluding carboxylic acids is 12. The van der Waals surface area contributed by atoms with Crippen LogP contribution in [0.2, 0.25) is 0 Å². The Kier molecular flexibility index (Phi) is 38.7. The fourth-order valence-electron chi connectivity index (χ4n) is 13.7. The van der Waals surface area contributed by atoms with E-state index in [2.05, 4.69) is 37.2 Å². The zero-order valence-electron chi connectivity index (χ0n) is 68.7. The number of likely N-dealkylation sites (tertiary alicyclic amines) is 1. The highest BCUT2D eigenvalue weighted by Crippen LogP contribution is 2.34. The number of nitrogens with zero attached hydrogens (tertiary/aromatic N) is 4. The molecule has 2 saturated heterocycles. The van der Waals surface area contributed by atoms with Crippen LogP contribution in [0.5, 0.6) is 5.75 Å². The normalized spacial score (nSPS) is 20.6. The van der Waals surface area contributed by atoms with Crippen LogP contribution in [0.4, 0.5) is 10.5 Å². The number of rotatable bonds is 46. The Morgan fingerprint density at radius 2 is 1.32 bits per heavy atom. The average molecular weight is 1680 g/mol. The molecule has 18 atom stereocenters. The number of benzene rings is 2. The van der Waals surface area contributed by atoms with E-state index in [4.69, 9.17) is 33.2 Å². The van der Waals surface area contributed by atoms with Crippen LogP contribution in [0.25, 0.3) is 0 Å². The highest BCUT2D eigenvalue weighted by atomic mass is 32.2. The maximum absolute atomic E-state index is 15.0. The minimum atomic E-state index is -4.80. The van der Waals surface area contributed by atoms with Gasteiger partial charge < -0.3 is 106 Å². The van der Waals surface area contributed by atoms with Gasteiger partial charge >= 0.3 is 12.1 Å². The molecule has 0 bridgehead atoms. The van der Waals surface area contributed by atoms with E-state index in [0.717, 1.165) is 17.1 Å². The second-order valence-corrected chi connectivity index (χ2v) is 31.7. The SMILES string of the molecule is CC[C@H](C)[C@@H]([C@@H](CC(=O)N1CCC[C@H]1[C@H](OC)[C@@H](C)C(=O)N[C@H](C)[C@@H](O)c1ccccc1)OC)N(C)C(=O)[C@@H](NC(=O)[C@H](C(C)C)N(C)C(=O)OCc1ccc(NC(=O)[C@H](C)NC(=O)[C@@H](NC(=O)CCOCCOCCNC(=O)[C@H](CS(=O)(=O)O)NC(=O)CN2C(=O)C=CC2=O)C(C)C)c(O[C@@H]2O[C@H](C(=O)O)[C@@H](O)[C@H](O)[C@H]2O)c1)C(C)C. The molecule has 0 aliphatic carbocycles. The molecule has 0 spiro atoms. The summed E-state index contributed by atoms with van der Waals surface area (Å²) in [5.74, 6) is -14.0. The Labute approximate surface area is 680 Å². The van der Waals surface area contributed by atoms with Crippen LogP contribution in [-0.4, -0.2) is 307 Å². The molecule has 3 heterocycles. The minimum absolute atomic E-state index is 0.0653. The van der Waals surface area contributed by atoms with Crippen LogP contribution >= 0.6 is 0 Å². The molecular formula is C77H117N11O28S. The van der Waals surface area contributed by atoms with Crippen molar-refractivity contribution in [1.82, 2.24) is 51.5 Å². The second-order valence-electron chi connectivity index (χ2n) is 30.2. The van der Waals surface area contributed by atoms with Gasteiger partial charge in [-0.3, -0.25) is 67.1 Å². The molecule has 117 heavy (non-hydrogen) atoms. The Morgan fingerprint density at radius 3 is 1.91 bits per heavy atom. The summed E-state index contributed by atoms with van der Waals surface area (Å²) in [5.41, 5.74) is 0.532. The van der Waals surface area contributed by atoms with Gasteiger partial charge in [0.25, 0.3) is 21.9 Å². The van der Waals surface area contributed by atoms with E-state index in [1.165, 1.54) is 51.3 Å². The van der Waals surface area contributed by atoms with Crippen LogP contribution in [0.1, 0.15) is 125 Å². The van der Waals surface area contributed by atoms with Crippen LogP contribution < -0.4 is 42.0 Å². The van der Waals surface area contributed by atoms with E-state index in [-0.39, 0.29) is 74.8 Å². The lowest BCUT2D eigenvalue weighted by atomic mass is 9.89. The Morgan fingerprint density at radius 1 is 0.692 bits per heavy atom. The summed E-state index contributed by atoms with van der Waals surface area (Å²) in [7, 11) is 1.01. The lowest BCUT2D eigenvalue weighted by Gasteiger charge is -2.41. The van der Waals surface area contributed by atoms with Crippen molar-refractivity contribution in [3.05, 3.63) is 71.8 Å². The van der Waals surface area contributed by atoms with Crippen molar-refractivity contribution in [3.8, 4) is 5.75 Å². The average Bonchev–Trinajstić information content (AvgIpc) is 1.25. The number of carboxylic acids is 1. The zero-order valence-corrected chi connectivity index (χ0v) is 69.5. The maximum atomic E-state index is 15.0. The number of hydrogen-bond donors (Lipinski definition) is 13. The molecule has 0 unspecified atom stereocenters. The Bertz CT molecular complexity index is 3880. The molecule has 13 N–H and O–H groups in total. The van der Waals surface area contributed by atoms with Crippen molar-refractivity contribution in [3.63, 3.8) is 0 Å². The van der Waals surface area contributed by atoms with Crippen LogP contribution in [-0.2, 0) is 103 Å². The number of imide groups is 1. The van der Waals surface area contributed by atoms with Gasteiger partial charge in [-0.05, 0) is 73.6 Å². The number of carbonyl (C=O) groups is 13. The predicted octanol–water partition coefficient (Wildman–Crippen LogP) is -0.729. The third-order valence-corrected chi connectivity index (χ3v) is 21.2. The van der Waals surface area contributed by atoms with Crippen molar-refractivity contribution < 1.29 is 134 Å². The number of likely N-dealkylation sites (N-methyl/N-ethyl adjacent to an activating group) is 2. The molecule has 654 valence electrons. The number of carboxylic acid groups (broad SMARTS) is 1. The molecule has 40 heteroatoms. The molecule has 5 rings (SSSR count). The monoisotopic (exact) mass is 1680 g/mol. The molecule has 3 aliphatic rings. The smallest absolute Gasteiger partial charge is 0.410 e. The summed E-state index contributed by atoms with van der Waals surface area (Å²) in [5, 5.41) is 70.8. The van der Waals surface area contributed by atoms with Crippen molar-refractivity contribution in [2.75, 3.05) is 85.4 Å². The Balaban J connectivity index is 1.20. The Hall–Kier alpha value is -9.36. The predicted molar refractivity (Wildman–Crippen MR) is 416 cm³/mol. The molecule has 0 saturated carbocycles. The summed E-state index contributed by atoms with van der Waals surface area (Å²) in [6, 6.07) is 4.04. The van der Waals surface area contributed by atoms with E-state index in [1.54, 1.807) is 91.6 Å².